The lowest BCUT2D eigenvalue weighted by molar-refractivity contribution is 0.0898. The summed E-state index contributed by atoms with van der Waals surface area (Å²) in [6, 6.07) is 22.1. The maximum absolute atomic E-state index is 7.11. The van der Waals surface area contributed by atoms with Crippen LogP contribution in [0.1, 0.15) is 72.6 Å². The van der Waals surface area contributed by atoms with Gasteiger partial charge in [0.25, 0.3) is 8.32 Å². The van der Waals surface area contributed by atoms with Crippen LogP contribution < -0.4 is 10.4 Å². The maximum Gasteiger partial charge on any atom is 0.261 e. The Balaban J connectivity index is 1.32. The third-order valence-corrected chi connectivity index (χ3v) is 14.2. The van der Waals surface area contributed by atoms with Crippen LogP contribution >= 0.6 is 0 Å². The molecule has 0 saturated heterocycles. The van der Waals surface area contributed by atoms with Crippen LogP contribution in [-0.2, 0) is 9.16 Å². The summed E-state index contributed by atoms with van der Waals surface area (Å²) in [6.07, 6.45) is 11.1. The monoisotopic (exact) mass is 504 g/mol. The van der Waals surface area contributed by atoms with Gasteiger partial charge in [0.2, 0.25) is 0 Å². The zero-order chi connectivity index (χ0) is 25.8. The number of methoxy groups -OCH3 is 1. The molecule has 0 bridgehead atoms. The van der Waals surface area contributed by atoms with Crippen molar-refractivity contribution in [1.82, 2.24) is 0 Å². The zero-order valence-electron chi connectivity index (χ0n) is 23.3. The van der Waals surface area contributed by atoms with Crippen LogP contribution in [0.3, 0.4) is 0 Å². The normalized spacial score (nSPS) is 26.4. The van der Waals surface area contributed by atoms with Crippen molar-refractivity contribution in [2.45, 2.75) is 83.8 Å². The van der Waals surface area contributed by atoms with Gasteiger partial charge in [0.15, 0.2) is 0 Å². The van der Waals surface area contributed by atoms with Gasteiger partial charge in [-0.25, -0.2) is 0 Å². The van der Waals surface area contributed by atoms with Gasteiger partial charge in [0.1, 0.15) is 0 Å². The van der Waals surface area contributed by atoms with Crippen LogP contribution in [0.2, 0.25) is 5.04 Å². The summed E-state index contributed by atoms with van der Waals surface area (Å²) in [6.45, 7) is 14.4. The van der Waals surface area contributed by atoms with Crippen LogP contribution in [-0.4, -0.2) is 28.1 Å². The molecular weight excluding hydrogens is 456 g/mol. The minimum Gasteiger partial charge on any atom is -0.407 e. The van der Waals surface area contributed by atoms with Crippen LogP contribution in [0.25, 0.3) is 0 Å². The molecule has 2 fully saturated rings. The van der Waals surface area contributed by atoms with Gasteiger partial charge in [-0.15, -0.1) is 6.58 Å². The highest BCUT2D eigenvalue weighted by Gasteiger charge is 2.59. The number of ether oxygens (including phenoxy) is 1. The van der Waals surface area contributed by atoms with Crippen molar-refractivity contribution in [3.63, 3.8) is 0 Å². The average Bonchev–Trinajstić information content (AvgIpc) is 3.78. The second kappa shape index (κ2) is 11.4. The zero-order valence-corrected chi connectivity index (χ0v) is 24.3. The van der Waals surface area contributed by atoms with E-state index in [-0.39, 0.29) is 5.04 Å². The first-order valence-electron chi connectivity index (χ1n) is 14.1. The number of hydrogen-bond acceptors (Lipinski definition) is 2. The highest BCUT2D eigenvalue weighted by Crippen LogP contribution is 2.67. The Bertz CT molecular complexity index is 927. The Labute approximate surface area is 221 Å². The summed E-state index contributed by atoms with van der Waals surface area (Å²) in [5, 5.41) is 2.82. The fourth-order valence-electron chi connectivity index (χ4n) is 6.84. The fourth-order valence-corrected chi connectivity index (χ4v) is 11.4. The molecule has 0 radical (unpaired) electrons. The quantitative estimate of drug-likeness (QED) is 0.152. The molecular formula is C33H48O2Si. The summed E-state index contributed by atoms with van der Waals surface area (Å²) >= 11 is 0. The van der Waals surface area contributed by atoms with Crippen LogP contribution in [0.5, 0.6) is 0 Å². The highest BCUT2D eigenvalue weighted by atomic mass is 28.4. The summed E-state index contributed by atoms with van der Waals surface area (Å²) in [7, 11) is -0.561. The molecule has 2 aromatic carbocycles. The Morgan fingerprint density at radius 3 is 2.19 bits per heavy atom. The second-order valence-electron chi connectivity index (χ2n) is 12.7. The predicted molar refractivity (Wildman–Crippen MR) is 155 cm³/mol. The lowest BCUT2D eigenvalue weighted by Gasteiger charge is -2.43. The number of benzene rings is 2. The van der Waals surface area contributed by atoms with Crippen LogP contribution in [0.4, 0.5) is 0 Å². The highest BCUT2D eigenvalue weighted by molar-refractivity contribution is 6.99. The topological polar surface area (TPSA) is 18.5 Å². The van der Waals surface area contributed by atoms with E-state index < -0.39 is 8.32 Å². The Morgan fingerprint density at radius 1 is 1.06 bits per heavy atom. The van der Waals surface area contributed by atoms with Gasteiger partial charge in [-0.3, -0.25) is 0 Å². The number of hydrogen-bond donors (Lipinski definition) is 0. The summed E-state index contributed by atoms with van der Waals surface area (Å²) in [4.78, 5) is 0. The molecule has 0 aliphatic heterocycles. The van der Waals surface area contributed by atoms with Crippen LogP contribution in [0.15, 0.2) is 73.3 Å². The molecule has 0 spiro atoms. The summed E-state index contributed by atoms with van der Waals surface area (Å²) < 4.78 is 12.8. The largest absolute Gasteiger partial charge is 0.407 e. The Kier molecular flexibility index (Phi) is 8.64. The van der Waals surface area contributed by atoms with Gasteiger partial charge in [0.05, 0.1) is 6.10 Å². The van der Waals surface area contributed by atoms with Crippen molar-refractivity contribution in [3.05, 3.63) is 73.3 Å². The minimum atomic E-state index is -2.40. The molecule has 36 heavy (non-hydrogen) atoms. The maximum atomic E-state index is 7.11. The van der Waals surface area contributed by atoms with Crippen molar-refractivity contribution in [3.8, 4) is 0 Å². The predicted octanol–water partition coefficient (Wildman–Crippen LogP) is 7.38. The van der Waals surface area contributed by atoms with Crippen molar-refractivity contribution in [2.24, 2.45) is 23.2 Å². The Morgan fingerprint density at radius 2 is 1.67 bits per heavy atom. The average molecular weight is 505 g/mol. The lowest BCUT2D eigenvalue weighted by atomic mass is 9.94. The van der Waals surface area contributed by atoms with Crippen molar-refractivity contribution < 1.29 is 9.16 Å². The molecule has 2 aromatic rings. The first-order chi connectivity index (χ1) is 17.2. The van der Waals surface area contributed by atoms with Gasteiger partial charge < -0.3 is 9.16 Å². The summed E-state index contributed by atoms with van der Waals surface area (Å²) in [5.41, 5.74) is 0.544. The molecule has 3 heteroatoms. The Hall–Kier alpha value is -1.68. The molecule has 2 nitrogen and oxygen atoms in total. The van der Waals surface area contributed by atoms with Gasteiger partial charge in [0, 0.05) is 13.7 Å². The lowest BCUT2D eigenvalue weighted by Crippen LogP contribution is -2.66. The van der Waals surface area contributed by atoms with E-state index in [4.69, 9.17) is 9.16 Å². The van der Waals surface area contributed by atoms with Gasteiger partial charge in [-0.05, 0) is 83.5 Å². The first kappa shape index (κ1) is 27.4. The van der Waals surface area contributed by atoms with Crippen LogP contribution in [0, 0.1) is 23.2 Å². The van der Waals surface area contributed by atoms with Gasteiger partial charge >= 0.3 is 0 Å². The van der Waals surface area contributed by atoms with E-state index in [0.717, 1.165) is 30.8 Å². The van der Waals surface area contributed by atoms with Crippen molar-refractivity contribution in [1.29, 1.82) is 0 Å². The fraction of sp³-hybridized carbons (Fsp3) is 0.576. The third kappa shape index (κ3) is 5.90. The van der Waals surface area contributed by atoms with E-state index in [9.17, 15) is 0 Å². The van der Waals surface area contributed by atoms with Crippen molar-refractivity contribution >= 4 is 18.7 Å². The molecule has 196 valence electrons. The molecule has 2 aliphatic carbocycles. The molecule has 0 heterocycles. The molecule has 4 rings (SSSR count). The first-order valence-corrected chi connectivity index (χ1v) is 16.0. The van der Waals surface area contributed by atoms with E-state index in [2.05, 4.69) is 94.9 Å². The van der Waals surface area contributed by atoms with Gasteiger partial charge in [-0.1, -0.05) is 94.4 Å². The smallest absolute Gasteiger partial charge is 0.261 e. The molecule has 0 unspecified atom stereocenters. The van der Waals surface area contributed by atoms with E-state index in [1.807, 2.05) is 13.2 Å². The third-order valence-electron chi connectivity index (χ3n) is 9.17. The molecule has 5 atom stereocenters. The van der Waals surface area contributed by atoms with E-state index in [0.29, 0.717) is 11.5 Å². The molecule has 2 saturated carbocycles. The van der Waals surface area contributed by atoms with Gasteiger partial charge in [-0.2, -0.15) is 0 Å². The molecule has 0 aromatic heterocycles. The minimum absolute atomic E-state index is 0.0549. The number of rotatable bonds is 14. The second-order valence-corrected chi connectivity index (χ2v) is 17.0. The van der Waals surface area contributed by atoms with E-state index in [1.54, 1.807) is 0 Å². The molecule has 0 amide bonds. The SMILES string of the molecule is C=CC[C@@H](CC[C@@]1(C)C[C@@H]1[C@H]1C[C@@H]1CCCO[Si](c1ccccc1)(c1ccccc1)C(C)(C)C)OC. The molecule has 0 N–H and O–H groups in total. The standard InChI is InChI=1S/C33H48O2Si/c1-7-15-27(34-6)21-22-33(5)25-31(33)30-24-26(30)16-14-23-35-36(32(2,3)4,28-17-10-8-11-18-28)29-19-12-9-13-20-29/h7-13,17-20,26-27,30-31H,1,14-16,21-25H2,2-6H3/t26-,27-,30-,31+,33-/m0/s1. The van der Waals surface area contributed by atoms with E-state index >= 15 is 0 Å². The summed E-state index contributed by atoms with van der Waals surface area (Å²) in [5.74, 6) is 2.79. The molecule has 2 aliphatic rings. The van der Waals surface area contributed by atoms with E-state index in [1.165, 1.54) is 48.9 Å². The van der Waals surface area contributed by atoms with Crippen molar-refractivity contribution in [2.75, 3.05) is 13.7 Å².